The summed E-state index contributed by atoms with van der Waals surface area (Å²) in [5, 5.41) is 4.46. The van der Waals surface area contributed by atoms with E-state index in [1.807, 2.05) is 30.3 Å². The highest BCUT2D eigenvalue weighted by atomic mass is 35.5. The second kappa shape index (κ2) is 4.13. The summed E-state index contributed by atoms with van der Waals surface area (Å²) in [6.07, 6.45) is 3.60. The lowest BCUT2D eigenvalue weighted by Gasteiger charge is -2.16. The van der Waals surface area contributed by atoms with Crippen LogP contribution < -0.4 is 5.32 Å². The van der Waals surface area contributed by atoms with E-state index in [-0.39, 0.29) is 0 Å². The maximum atomic E-state index is 6.08. The van der Waals surface area contributed by atoms with Gasteiger partial charge in [-0.2, -0.15) is 0 Å². The van der Waals surface area contributed by atoms with E-state index in [0.717, 1.165) is 17.0 Å². The Bertz CT molecular complexity index is 472. The molecule has 0 fully saturated rings. The van der Waals surface area contributed by atoms with E-state index < -0.39 is 0 Å². The second-order valence-corrected chi connectivity index (χ2v) is 4.06. The number of hydrogen-bond donors (Lipinski definition) is 1. The molecule has 1 aromatic rings. The lowest BCUT2D eigenvalue weighted by Crippen LogP contribution is -2.13. The van der Waals surface area contributed by atoms with Crippen LogP contribution in [0.25, 0.3) is 5.70 Å². The molecule has 1 aliphatic rings. The Balaban J connectivity index is 2.45. The average Bonchev–Trinajstić information content (AvgIpc) is 2.16. The second-order valence-electron chi connectivity index (χ2n) is 3.22. The van der Waals surface area contributed by atoms with Crippen LogP contribution in [0.2, 0.25) is 5.02 Å². The van der Waals surface area contributed by atoms with Crippen LogP contribution in [-0.4, -0.2) is 0 Å². The minimum absolute atomic E-state index is 0.647. The van der Waals surface area contributed by atoms with Crippen molar-refractivity contribution in [2.45, 2.75) is 0 Å². The molecule has 0 radical (unpaired) electrons. The van der Waals surface area contributed by atoms with E-state index in [4.69, 9.17) is 23.2 Å². The molecule has 1 heterocycles. The monoisotopic (exact) mass is 237 g/mol. The molecule has 1 N–H and O–H groups in total. The maximum absolute atomic E-state index is 6.08. The molecule has 0 aliphatic carbocycles. The number of nitrogens with one attached hydrogen (secondary N) is 1. The van der Waals surface area contributed by atoms with Crippen LogP contribution >= 0.6 is 23.2 Å². The van der Waals surface area contributed by atoms with Gasteiger partial charge in [0, 0.05) is 27.0 Å². The number of dihydropyridines is 1. The Kier molecular flexibility index (Phi) is 2.85. The third kappa shape index (κ3) is 2.25. The Morgan fingerprint density at radius 1 is 1.07 bits per heavy atom. The van der Waals surface area contributed by atoms with Gasteiger partial charge in [-0.25, -0.2) is 0 Å². The van der Waals surface area contributed by atoms with Gasteiger partial charge < -0.3 is 5.32 Å². The van der Waals surface area contributed by atoms with E-state index in [0.29, 0.717) is 10.1 Å². The van der Waals surface area contributed by atoms with Crippen molar-refractivity contribution in [3.63, 3.8) is 0 Å². The first-order valence-corrected chi connectivity index (χ1v) is 5.22. The molecule has 0 saturated heterocycles. The van der Waals surface area contributed by atoms with Crippen LogP contribution in [0, 0.1) is 0 Å². The van der Waals surface area contributed by atoms with Crippen LogP contribution in [0.5, 0.6) is 0 Å². The highest BCUT2D eigenvalue weighted by molar-refractivity contribution is 6.33. The molecule has 0 spiro atoms. The third-order valence-electron chi connectivity index (χ3n) is 2.05. The van der Waals surface area contributed by atoms with Gasteiger partial charge in [-0.1, -0.05) is 48.0 Å². The topological polar surface area (TPSA) is 12.0 Å². The first-order chi connectivity index (χ1) is 7.16. The molecule has 15 heavy (non-hydrogen) atoms. The molecule has 0 aromatic heterocycles. The van der Waals surface area contributed by atoms with E-state index in [2.05, 4.69) is 11.9 Å². The average molecular weight is 238 g/mol. The van der Waals surface area contributed by atoms with Crippen LogP contribution in [0.15, 0.2) is 53.7 Å². The Morgan fingerprint density at radius 3 is 2.47 bits per heavy atom. The number of halogens is 2. The van der Waals surface area contributed by atoms with Crippen molar-refractivity contribution in [1.82, 2.24) is 5.32 Å². The fraction of sp³-hybridized carbons (Fsp3) is 0. The minimum Gasteiger partial charge on any atom is -0.355 e. The first-order valence-electron chi connectivity index (χ1n) is 4.46. The molecule has 0 saturated carbocycles. The van der Waals surface area contributed by atoms with E-state index in [1.165, 1.54) is 0 Å². The van der Waals surface area contributed by atoms with Gasteiger partial charge in [0.15, 0.2) is 0 Å². The third-order valence-corrected chi connectivity index (χ3v) is 2.60. The van der Waals surface area contributed by atoms with Crippen molar-refractivity contribution in [3.8, 4) is 0 Å². The first kappa shape index (κ1) is 10.3. The molecule has 0 atom stereocenters. The van der Waals surface area contributed by atoms with Crippen molar-refractivity contribution in [2.75, 3.05) is 0 Å². The number of allylic oxidation sites excluding steroid dienone is 3. The van der Waals surface area contributed by atoms with Crippen LogP contribution in [0.1, 0.15) is 5.56 Å². The van der Waals surface area contributed by atoms with Gasteiger partial charge in [0.2, 0.25) is 0 Å². The zero-order chi connectivity index (χ0) is 10.8. The molecule has 0 bridgehead atoms. The van der Waals surface area contributed by atoms with E-state index in [9.17, 15) is 0 Å². The summed E-state index contributed by atoms with van der Waals surface area (Å²) in [5.41, 5.74) is 2.56. The van der Waals surface area contributed by atoms with Gasteiger partial charge >= 0.3 is 0 Å². The standard InChI is InChI=1S/C12H9Cl2N/c1-8-6-9(13)7-12(15-8)10-4-2-3-5-11(10)14/h2-7,15H,1H2. The number of benzene rings is 1. The van der Waals surface area contributed by atoms with Crippen molar-refractivity contribution in [3.05, 3.63) is 64.3 Å². The summed E-state index contributed by atoms with van der Waals surface area (Å²) in [7, 11) is 0. The Morgan fingerprint density at radius 2 is 1.80 bits per heavy atom. The number of rotatable bonds is 1. The maximum Gasteiger partial charge on any atom is 0.0499 e. The van der Waals surface area contributed by atoms with Gasteiger partial charge in [0.1, 0.15) is 0 Å². The SMILES string of the molecule is C=C1C=C(Cl)C=C(c2ccccc2Cl)N1. The lowest BCUT2D eigenvalue weighted by atomic mass is 10.1. The molecule has 2 rings (SSSR count). The fourth-order valence-electron chi connectivity index (χ4n) is 1.42. The highest BCUT2D eigenvalue weighted by Gasteiger charge is 2.10. The normalized spacial score (nSPS) is 15.5. The van der Waals surface area contributed by atoms with E-state index in [1.54, 1.807) is 6.08 Å². The molecule has 3 heteroatoms. The summed E-state index contributed by atoms with van der Waals surface area (Å²) in [5.74, 6) is 0. The number of hydrogen-bond acceptors (Lipinski definition) is 1. The van der Waals surface area contributed by atoms with E-state index >= 15 is 0 Å². The molecule has 1 aromatic carbocycles. The van der Waals surface area contributed by atoms with Crippen molar-refractivity contribution < 1.29 is 0 Å². The van der Waals surface area contributed by atoms with Gasteiger partial charge in [-0.15, -0.1) is 0 Å². The summed E-state index contributed by atoms with van der Waals surface area (Å²) in [4.78, 5) is 0. The summed E-state index contributed by atoms with van der Waals surface area (Å²) in [6, 6.07) is 7.60. The zero-order valence-corrected chi connectivity index (χ0v) is 9.44. The van der Waals surface area contributed by atoms with Crippen LogP contribution in [-0.2, 0) is 0 Å². The van der Waals surface area contributed by atoms with Gasteiger partial charge in [-0.05, 0) is 18.2 Å². The van der Waals surface area contributed by atoms with Crippen molar-refractivity contribution in [1.29, 1.82) is 0 Å². The summed E-state index contributed by atoms with van der Waals surface area (Å²) in [6.45, 7) is 3.81. The predicted molar refractivity (Wildman–Crippen MR) is 65.6 cm³/mol. The zero-order valence-electron chi connectivity index (χ0n) is 7.93. The predicted octanol–water partition coefficient (Wildman–Crippen LogP) is 3.92. The van der Waals surface area contributed by atoms with Crippen LogP contribution in [0.3, 0.4) is 0 Å². The largest absolute Gasteiger partial charge is 0.355 e. The van der Waals surface area contributed by atoms with Crippen molar-refractivity contribution >= 4 is 28.9 Å². The minimum atomic E-state index is 0.647. The summed E-state index contributed by atoms with van der Waals surface area (Å²) >= 11 is 12.0. The molecule has 1 aliphatic heterocycles. The van der Waals surface area contributed by atoms with Gasteiger partial charge in [0.25, 0.3) is 0 Å². The quantitative estimate of drug-likeness (QED) is 0.781. The van der Waals surface area contributed by atoms with Crippen molar-refractivity contribution in [2.24, 2.45) is 0 Å². The highest BCUT2D eigenvalue weighted by Crippen LogP contribution is 2.27. The Labute approximate surface area is 98.7 Å². The van der Waals surface area contributed by atoms with Gasteiger partial charge in [-0.3, -0.25) is 0 Å². The fourth-order valence-corrected chi connectivity index (χ4v) is 1.89. The van der Waals surface area contributed by atoms with Crippen LogP contribution in [0.4, 0.5) is 0 Å². The molecular formula is C12H9Cl2N. The smallest absolute Gasteiger partial charge is 0.0499 e. The molecule has 0 amide bonds. The molecule has 0 unspecified atom stereocenters. The molecular weight excluding hydrogens is 229 g/mol. The van der Waals surface area contributed by atoms with Gasteiger partial charge in [0.05, 0.1) is 0 Å². The summed E-state index contributed by atoms with van der Waals surface area (Å²) < 4.78 is 0. The molecule has 1 nitrogen and oxygen atoms in total. The lowest BCUT2D eigenvalue weighted by molar-refractivity contribution is 1.12. The molecule has 76 valence electrons. The Hall–Kier alpha value is -1.18.